The molecule has 1 aromatic heterocycles. The third-order valence-electron chi connectivity index (χ3n) is 10.6. The summed E-state index contributed by atoms with van der Waals surface area (Å²) in [6, 6.07) is 73.6. The van der Waals surface area contributed by atoms with Crippen molar-refractivity contribution in [2.24, 2.45) is 0 Å². The van der Waals surface area contributed by atoms with Gasteiger partial charge in [0.25, 0.3) is 0 Å². The van der Waals surface area contributed by atoms with Crippen molar-refractivity contribution in [2.45, 2.75) is 5.41 Å². The average Bonchev–Trinajstić information content (AvgIpc) is 3.80. The van der Waals surface area contributed by atoms with Crippen LogP contribution in [0.15, 0.2) is 211 Å². The third-order valence-corrected chi connectivity index (χ3v) is 10.6. The van der Waals surface area contributed by atoms with Gasteiger partial charge in [0.2, 0.25) is 5.89 Å². The second-order valence-electron chi connectivity index (χ2n) is 13.5. The molecule has 10 rings (SSSR count). The van der Waals surface area contributed by atoms with Crippen molar-refractivity contribution >= 4 is 28.2 Å². The predicted molar refractivity (Wildman–Crippen MR) is 217 cm³/mol. The van der Waals surface area contributed by atoms with Crippen LogP contribution in [0.25, 0.3) is 44.8 Å². The lowest BCUT2D eigenvalue weighted by atomic mass is 9.67. The highest BCUT2D eigenvalue weighted by molar-refractivity contribution is 5.91. The van der Waals surface area contributed by atoms with Gasteiger partial charge < -0.3 is 9.32 Å². The van der Waals surface area contributed by atoms with Crippen molar-refractivity contribution in [1.29, 1.82) is 0 Å². The summed E-state index contributed by atoms with van der Waals surface area (Å²) in [5.74, 6) is 0.612. The van der Waals surface area contributed by atoms with Crippen molar-refractivity contribution in [3.63, 3.8) is 0 Å². The van der Waals surface area contributed by atoms with Crippen LogP contribution in [0.1, 0.15) is 22.3 Å². The Labute approximate surface area is 309 Å². The van der Waals surface area contributed by atoms with Gasteiger partial charge in [-0.25, -0.2) is 4.98 Å². The molecule has 3 heteroatoms. The molecule has 0 bridgehead atoms. The molecule has 1 aliphatic rings. The van der Waals surface area contributed by atoms with Crippen LogP contribution in [0.4, 0.5) is 17.1 Å². The first-order chi connectivity index (χ1) is 26.3. The Hall–Kier alpha value is -6.97. The second-order valence-corrected chi connectivity index (χ2v) is 13.5. The molecule has 0 amide bonds. The maximum Gasteiger partial charge on any atom is 0.227 e. The lowest BCUT2D eigenvalue weighted by molar-refractivity contribution is 0.620. The summed E-state index contributed by atoms with van der Waals surface area (Å²) >= 11 is 0. The van der Waals surface area contributed by atoms with E-state index in [1.54, 1.807) is 0 Å². The van der Waals surface area contributed by atoms with Crippen LogP contribution < -0.4 is 4.90 Å². The van der Waals surface area contributed by atoms with Crippen LogP contribution >= 0.6 is 0 Å². The normalized spacial score (nSPS) is 12.7. The maximum atomic E-state index is 6.44. The molecule has 9 aromatic rings. The lowest BCUT2D eigenvalue weighted by Gasteiger charge is -2.35. The molecule has 250 valence electrons. The van der Waals surface area contributed by atoms with Crippen molar-refractivity contribution < 1.29 is 4.42 Å². The van der Waals surface area contributed by atoms with Crippen molar-refractivity contribution in [3.8, 4) is 33.7 Å². The minimum absolute atomic E-state index is 0.512. The Morgan fingerprint density at radius 3 is 1.66 bits per heavy atom. The molecular formula is C50H34N2O. The number of oxazole rings is 1. The van der Waals surface area contributed by atoms with E-state index in [-0.39, 0.29) is 0 Å². The quantitative estimate of drug-likeness (QED) is 0.168. The lowest BCUT2D eigenvalue weighted by Crippen LogP contribution is -2.28. The molecular weight excluding hydrogens is 645 g/mol. The summed E-state index contributed by atoms with van der Waals surface area (Å²) in [7, 11) is 0. The van der Waals surface area contributed by atoms with E-state index in [0.29, 0.717) is 5.89 Å². The van der Waals surface area contributed by atoms with Gasteiger partial charge in [-0.1, -0.05) is 152 Å². The van der Waals surface area contributed by atoms with Gasteiger partial charge in [-0.3, -0.25) is 0 Å². The smallest absolute Gasteiger partial charge is 0.227 e. The average molecular weight is 679 g/mol. The zero-order chi connectivity index (χ0) is 35.2. The van der Waals surface area contributed by atoms with Gasteiger partial charge >= 0.3 is 0 Å². The summed E-state index contributed by atoms with van der Waals surface area (Å²) in [5.41, 5.74) is 14.9. The Bertz CT molecular complexity index is 2680. The Morgan fingerprint density at radius 2 is 0.943 bits per heavy atom. The molecule has 0 atom stereocenters. The van der Waals surface area contributed by atoms with Crippen molar-refractivity contribution in [3.05, 3.63) is 229 Å². The summed E-state index contributed by atoms with van der Waals surface area (Å²) in [5, 5.41) is 0. The minimum atomic E-state index is -0.512. The van der Waals surface area contributed by atoms with Crippen LogP contribution in [0.2, 0.25) is 0 Å². The van der Waals surface area contributed by atoms with Gasteiger partial charge in [0.05, 0.1) is 5.41 Å². The first kappa shape index (κ1) is 30.8. The van der Waals surface area contributed by atoms with Crippen LogP contribution in [0.3, 0.4) is 0 Å². The fraction of sp³-hybridized carbons (Fsp3) is 0.0200. The highest BCUT2D eigenvalue weighted by Crippen LogP contribution is 2.57. The molecule has 0 fully saturated rings. The van der Waals surface area contributed by atoms with Crippen molar-refractivity contribution in [2.75, 3.05) is 4.90 Å². The molecule has 1 heterocycles. The predicted octanol–water partition coefficient (Wildman–Crippen LogP) is 13.0. The molecule has 8 aromatic carbocycles. The fourth-order valence-electron chi connectivity index (χ4n) is 8.23. The van der Waals surface area contributed by atoms with E-state index >= 15 is 0 Å². The molecule has 0 unspecified atom stereocenters. The van der Waals surface area contributed by atoms with E-state index in [1.807, 2.05) is 30.3 Å². The maximum absolute atomic E-state index is 6.44. The van der Waals surface area contributed by atoms with Crippen LogP contribution in [-0.2, 0) is 5.41 Å². The second kappa shape index (κ2) is 12.7. The summed E-state index contributed by atoms with van der Waals surface area (Å²) in [6.07, 6.45) is 0. The third kappa shape index (κ3) is 5.09. The first-order valence-corrected chi connectivity index (χ1v) is 18.0. The molecule has 1 aliphatic carbocycles. The van der Waals surface area contributed by atoms with E-state index in [2.05, 4.69) is 181 Å². The SMILES string of the molecule is c1ccc(-c2cccc(N(c3ccc4c(c3)C(c3ccccc3)(c3ccccc3)c3ccccc3-4)c3ccc4nc(-c5ccccc5)oc4c3)c2)cc1. The molecule has 0 saturated carbocycles. The molecule has 0 aliphatic heterocycles. The molecule has 53 heavy (non-hydrogen) atoms. The van der Waals surface area contributed by atoms with Crippen LogP contribution in [-0.4, -0.2) is 4.98 Å². The number of fused-ring (bicyclic) bond motifs is 4. The van der Waals surface area contributed by atoms with Crippen LogP contribution in [0, 0.1) is 0 Å². The standard InChI is InChI=1S/C50H34N2O/c1-5-16-35(17-6-1)37-20-15-25-40(32-37)52(42-29-31-47-48(34-42)53-49(51-47)36-18-7-2-8-19-36)41-28-30-44-43-26-13-14-27-45(43)50(46(44)33-41,38-21-9-3-10-22-38)39-23-11-4-12-24-39/h1-34H. The molecule has 0 saturated heterocycles. The summed E-state index contributed by atoms with van der Waals surface area (Å²) in [4.78, 5) is 7.20. The van der Waals surface area contributed by atoms with Gasteiger partial charge in [0.1, 0.15) is 5.52 Å². The highest BCUT2D eigenvalue weighted by Gasteiger charge is 2.46. The van der Waals surface area contributed by atoms with Gasteiger partial charge in [-0.2, -0.15) is 0 Å². The van der Waals surface area contributed by atoms with Gasteiger partial charge in [-0.15, -0.1) is 0 Å². The van der Waals surface area contributed by atoms with Crippen LogP contribution in [0.5, 0.6) is 0 Å². The van der Waals surface area contributed by atoms with Crippen molar-refractivity contribution in [1.82, 2.24) is 4.98 Å². The minimum Gasteiger partial charge on any atom is -0.436 e. The molecule has 0 spiro atoms. The monoisotopic (exact) mass is 678 g/mol. The Morgan fingerprint density at radius 1 is 0.396 bits per heavy atom. The first-order valence-electron chi connectivity index (χ1n) is 18.0. The van der Waals surface area contributed by atoms with E-state index in [1.165, 1.54) is 38.9 Å². The topological polar surface area (TPSA) is 29.3 Å². The summed E-state index contributed by atoms with van der Waals surface area (Å²) < 4.78 is 6.44. The van der Waals surface area contributed by atoms with E-state index in [9.17, 15) is 0 Å². The molecule has 3 nitrogen and oxygen atoms in total. The zero-order valence-electron chi connectivity index (χ0n) is 28.9. The number of nitrogens with zero attached hydrogens (tertiary/aromatic N) is 2. The van der Waals surface area contributed by atoms with Gasteiger partial charge in [-0.05, 0) is 93.0 Å². The van der Waals surface area contributed by atoms with E-state index < -0.39 is 5.41 Å². The van der Waals surface area contributed by atoms with Gasteiger partial charge in [0, 0.05) is 28.7 Å². The molecule has 0 N–H and O–H groups in total. The number of anilines is 3. The summed E-state index contributed by atoms with van der Waals surface area (Å²) in [6.45, 7) is 0. The fourth-order valence-corrected chi connectivity index (χ4v) is 8.23. The molecule has 0 radical (unpaired) electrons. The number of hydrogen-bond acceptors (Lipinski definition) is 3. The Kier molecular flexibility index (Phi) is 7.36. The van der Waals surface area contributed by atoms with E-state index in [4.69, 9.17) is 9.40 Å². The number of hydrogen-bond donors (Lipinski definition) is 0. The van der Waals surface area contributed by atoms with E-state index in [0.717, 1.165) is 39.3 Å². The number of benzene rings is 8. The van der Waals surface area contributed by atoms with Gasteiger partial charge in [0.15, 0.2) is 5.58 Å². The number of aromatic nitrogens is 1. The highest BCUT2D eigenvalue weighted by atomic mass is 16.3. The largest absolute Gasteiger partial charge is 0.436 e. The Balaban J connectivity index is 1.22. The number of rotatable bonds is 7. The zero-order valence-corrected chi connectivity index (χ0v) is 28.9.